The maximum Gasteiger partial charge on any atom is 0.319 e. The summed E-state index contributed by atoms with van der Waals surface area (Å²) in [7, 11) is 1.46. The zero-order valence-corrected chi connectivity index (χ0v) is 18.0. The standard InChI is InChI=1S/C21H28N8O3/c1-31-25-12-18-19(22)23-14-24-20(18)29-7-6-16(13-29)27-21(30)26-15-2-4-17(5-3-15)28-8-10-32-11-9-28/h2-5,12,14,16H,6-11,13H2,1H3,(H2,22,23,24)(H2,26,27,30)/b25-12+. The number of anilines is 4. The third-order valence-corrected chi connectivity index (χ3v) is 5.51. The molecule has 2 saturated heterocycles. The molecule has 11 heteroatoms. The molecule has 0 radical (unpaired) electrons. The van der Waals surface area contributed by atoms with Crippen LogP contribution in [-0.4, -0.2) is 74.8 Å². The van der Waals surface area contributed by atoms with Gasteiger partial charge in [-0.25, -0.2) is 14.8 Å². The van der Waals surface area contributed by atoms with E-state index in [0.29, 0.717) is 23.7 Å². The number of aromatic nitrogens is 2. The Kier molecular flexibility index (Phi) is 6.85. The van der Waals surface area contributed by atoms with Crippen molar-refractivity contribution >= 4 is 35.3 Å². The Labute approximate surface area is 186 Å². The van der Waals surface area contributed by atoms with Gasteiger partial charge in [-0.1, -0.05) is 5.16 Å². The molecule has 3 heterocycles. The predicted molar refractivity (Wildman–Crippen MR) is 123 cm³/mol. The molecule has 0 spiro atoms. The van der Waals surface area contributed by atoms with Crippen molar-refractivity contribution in [3.8, 4) is 0 Å². The SMILES string of the molecule is CO/N=C/c1c(N)ncnc1N1CCC(NC(=O)Nc2ccc(N3CCOCC3)cc2)C1. The molecule has 4 N–H and O–H groups in total. The molecule has 1 aromatic heterocycles. The van der Waals surface area contributed by atoms with Crippen LogP contribution < -0.4 is 26.2 Å². The number of nitrogens with two attached hydrogens (primary N) is 1. The first-order valence-electron chi connectivity index (χ1n) is 10.6. The number of amides is 2. The van der Waals surface area contributed by atoms with Crippen LogP contribution >= 0.6 is 0 Å². The lowest BCUT2D eigenvalue weighted by molar-refractivity contribution is 0.122. The molecule has 1 atom stereocenters. The maximum atomic E-state index is 12.5. The van der Waals surface area contributed by atoms with Crippen molar-refractivity contribution in [1.82, 2.24) is 15.3 Å². The molecule has 11 nitrogen and oxygen atoms in total. The van der Waals surface area contributed by atoms with Gasteiger partial charge >= 0.3 is 6.03 Å². The summed E-state index contributed by atoms with van der Waals surface area (Å²) in [6.07, 6.45) is 3.70. The minimum absolute atomic E-state index is 0.0222. The van der Waals surface area contributed by atoms with E-state index in [1.165, 1.54) is 19.7 Å². The van der Waals surface area contributed by atoms with E-state index in [-0.39, 0.29) is 12.1 Å². The molecule has 2 fully saturated rings. The van der Waals surface area contributed by atoms with Crippen molar-refractivity contribution in [2.75, 3.05) is 67.4 Å². The second kappa shape index (κ2) is 10.1. The van der Waals surface area contributed by atoms with E-state index in [4.69, 9.17) is 15.3 Å². The maximum absolute atomic E-state index is 12.5. The van der Waals surface area contributed by atoms with Gasteiger partial charge in [-0.05, 0) is 30.7 Å². The first-order valence-corrected chi connectivity index (χ1v) is 10.6. The fourth-order valence-corrected chi connectivity index (χ4v) is 3.88. The van der Waals surface area contributed by atoms with Gasteiger partial charge < -0.3 is 35.7 Å². The van der Waals surface area contributed by atoms with Crippen molar-refractivity contribution in [2.24, 2.45) is 5.16 Å². The average Bonchev–Trinajstić information content (AvgIpc) is 3.27. The van der Waals surface area contributed by atoms with Crippen LogP contribution in [0.2, 0.25) is 0 Å². The Hall–Kier alpha value is -3.60. The van der Waals surface area contributed by atoms with E-state index in [9.17, 15) is 4.79 Å². The smallest absolute Gasteiger partial charge is 0.319 e. The highest BCUT2D eigenvalue weighted by molar-refractivity contribution is 5.92. The van der Waals surface area contributed by atoms with Crippen molar-refractivity contribution in [1.29, 1.82) is 0 Å². The molecule has 1 unspecified atom stereocenters. The Morgan fingerprint density at radius 3 is 2.75 bits per heavy atom. The largest absolute Gasteiger partial charge is 0.399 e. The van der Waals surface area contributed by atoms with Crippen LogP contribution in [0, 0.1) is 0 Å². The Balaban J connectivity index is 1.32. The number of carbonyl (C=O) groups excluding carboxylic acids is 1. The van der Waals surface area contributed by atoms with Gasteiger partial charge in [-0.15, -0.1) is 0 Å². The summed E-state index contributed by atoms with van der Waals surface area (Å²) in [6, 6.07) is 7.60. The fraction of sp³-hybridized carbons (Fsp3) is 0.429. The van der Waals surface area contributed by atoms with Gasteiger partial charge in [-0.2, -0.15) is 0 Å². The molecule has 0 bridgehead atoms. The topological polar surface area (TPSA) is 130 Å². The second-order valence-electron chi connectivity index (χ2n) is 7.59. The number of oxime groups is 1. The molecule has 2 amide bonds. The molecule has 0 aliphatic carbocycles. The molecule has 170 valence electrons. The summed E-state index contributed by atoms with van der Waals surface area (Å²) >= 11 is 0. The normalized spacial score (nSPS) is 18.7. The number of urea groups is 1. The van der Waals surface area contributed by atoms with E-state index >= 15 is 0 Å². The van der Waals surface area contributed by atoms with E-state index in [1.54, 1.807) is 0 Å². The molecule has 32 heavy (non-hydrogen) atoms. The van der Waals surface area contributed by atoms with Gasteiger partial charge in [-0.3, -0.25) is 0 Å². The third kappa shape index (κ3) is 5.17. The van der Waals surface area contributed by atoms with Gasteiger partial charge in [0, 0.05) is 43.6 Å². The number of benzene rings is 1. The van der Waals surface area contributed by atoms with Gasteiger partial charge in [0.15, 0.2) is 0 Å². The van der Waals surface area contributed by atoms with Crippen LogP contribution in [0.5, 0.6) is 0 Å². The minimum atomic E-state index is -0.237. The van der Waals surface area contributed by atoms with Crippen molar-refractivity contribution in [3.63, 3.8) is 0 Å². The van der Waals surface area contributed by atoms with Crippen LogP contribution in [0.25, 0.3) is 0 Å². The lowest BCUT2D eigenvalue weighted by Crippen LogP contribution is -2.40. The van der Waals surface area contributed by atoms with Crippen LogP contribution in [0.15, 0.2) is 35.7 Å². The number of nitrogens with one attached hydrogen (secondary N) is 2. The van der Waals surface area contributed by atoms with Crippen molar-refractivity contribution < 1.29 is 14.4 Å². The lowest BCUT2D eigenvalue weighted by atomic mass is 10.2. The number of nitrogens with zero attached hydrogens (tertiary/aromatic N) is 5. The Morgan fingerprint density at radius 1 is 1.22 bits per heavy atom. The molecule has 1 aromatic carbocycles. The highest BCUT2D eigenvalue weighted by Crippen LogP contribution is 2.24. The zero-order chi connectivity index (χ0) is 22.3. The van der Waals surface area contributed by atoms with E-state index in [0.717, 1.165) is 50.6 Å². The quantitative estimate of drug-likeness (QED) is 0.452. The number of morpholine rings is 1. The number of hydrogen-bond donors (Lipinski definition) is 3. The van der Waals surface area contributed by atoms with E-state index in [1.807, 2.05) is 24.3 Å². The molecular formula is C21H28N8O3. The fourth-order valence-electron chi connectivity index (χ4n) is 3.88. The third-order valence-electron chi connectivity index (χ3n) is 5.51. The number of carbonyl (C=O) groups is 1. The van der Waals surface area contributed by atoms with Crippen LogP contribution in [0.1, 0.15) is 12.0 Å². The van der Waals surface area contributed by atoms with E-state index in [2.05, 4.69) is 35.6 Å². The van der Waals surface area contributed by atoms with Gasteiger partial charge in [0.2, 0.25) is 0 Å². The first kappa shape index (κ1) is 21.6. The summed E-state index contributed by atoms with van der Waals surface area (Å²) in [5, 5.41) is 9.72. The minimum Gasteiger partial charge on any atom is -0.399 e. The summed E-state index contributed by atoms with van der Waals surface area (Å²) in [4.78, 5) is 30.0. The van der Waals surface area contributed by atoms with Crippen molar-refractivity contribution in [3.05, 3.63) is 36.2 Å². The monoisotopic (exact) mass is 440 g/mol. The molecule has 2 aliphatic heterocycles. The summed E-state index contributed by atoms with van der Waals surface area (Å²) < 4.78 is 5.39. The Bertz CT molecular complexity index is 947. The first-order chi connectivity index (χ1) is 15.6. The average molecular weight is 441 g/mol. The van der Waals surface area contributed by atoms with Crippen LogP contribution in [-0.2, 0) is 9.57 Å². The second-order valence-corrected chi connectivity index (χ2v) is 7.59. The Morgan fingerprint density at radius 2 is 2.00 bits per heavy atom. The number of hydrogen-bond acceptors (Lipinski definition) is 9. The molecular weight excluding hydrogens is 412 g/mol. The molecule has 2 aromatic rings. The van der Waals surface area contributed by atoms with Crippen LogP contribution in [0.3, 0.4) is 0 Å². The molecule has 4 rings (SSSR count). The van der Waals surface area contributed by atoms with Gasteiger partial charge in [0.1, 0.15) is 25.1 Å². The number of ether oxygens (including phenoxy) is 1. The molecule has 0 saturated carbocycles. The summed E-state index contributed by atoms with van der Waals surface area (Å²) in [5.74, 6) is 0.993. The van der Waals surface area contributed by atoms with Gasteiger partial charge in [0.25, 0.3) is 0 Å². The summed E-state index contributed by atoms with van der Waals surface area (Å²) in [6.45, 7) is 4.56. The van der Waals surface area contributed by atoms with E-state index < -0.39 is 0 Å². The van der Waals surface area contributed by atoms with Crippen LogP contribution in [0.4, 0.5) is 27.8 Å². The summed E-state index contributed by atoms with van der Waals surface area (Å²) in [5.41, 5.74) is 8.45. The number of rotatable bonds is 6. The predicted octanol–water partition coefficient (Wildman–Crippen LogP) is 1.28. The highest BCUT2D eigenvalue weighted by Gasteiger charge is 2.27. The highest BCUT2D eigenvalue weighted by atomic mass is 16.6. The lowest BCUT2D eigenvalue weighted by Gasteiger charge is -2.28. The molecule has 2 aliphatic rings. The number of nitrogen functional groups attached to an aromatic ring is 1. The van der Waals surface area contributed by atoms with Gasteiger partial charge in [0.05, 0.1) is 25.0 Å². The van der Waals surface area contributed by atoms with Crippen molar-refractivity contribution in [2.45, 2.75) is 12.5 Å². The zero-order valence-electron chi connectivity index (χ0n) is 18.0.